The van der Waals surface area contributed by atoms with Gasteiger partial charge >= 0.3 is 0 Å². The maximum Gasteiger partial charge on any atom is 0.169 e. The van der Waals surface area contributed by atoms with E-state index in [1.54, 1.807) is 0 Å². The third-order valence-corrected chi connectivity index (χ3v) is 13.2. The van der Waals surface area contributed by atoms with Crippen molar-refractivity contribution in [2.24, 2.45) is 17.3 Å². The number of fused-ring (bicyclic) bond motifs is 1. The van der Waals surface area contributed by atoms with Crippen LogP contribution in [0.4, 0.5) is 0 Å². The van der Waals surface area contributed by atoms with Crippen LogP contribution >= 0.6 is 0 Å². The molecule has 4 unspecified atom stereocenters. The molecular weight excluding hydrogens is 633 g/mol. The Kier molecular flexibility index (Phi) is 24.6. The van der Waals surface area contributed by atoms with Gasteiger partial charge in [0.15, 0.2) is 5.79 Å². The standard InChI is InChI=1S/C50H88O2/c1-5-7-9-11-13-15-17-19-21-23-25-27-29-31-33-35-37-49(38-36-34-32-30-28-26-24-22-20-18-16-14-12-10-8-6-2)39-41-50(42-40-49)51-47-43-45(3)46(4)44-48(47)52-50/h13-16,19-22,45-48H,5-12,17-18,23-44H2,1-4H3. The largest absolute Gasteiger partial charge is 0.344 e. The highest BCUT2D eigenvalue weighted by atomic mass is 16.8. The summed E-state index contributed by atoms with van der Waals surface area (Å²) >= 11 is 0. The number of ether oxygens (including phenoxy) is 2. The molecule has 3 fully saturated rings. The van der Waals surface area contributed by atoms with Gasteiger partial charge in [-0.05, 0) is 120 Å². The van der Waals surface area contributed by atoms with Crippen LogP contribution in [0.25, 0.3) is 0 Å². The Bertz CT molecular complexity index is 895. The van der Waals surface area contributed by atoms with E-state index in [-0.39, 0.29) is 5.79 Å². The molecule has 2 nitrogen and oxygen atoms in total. The van der Waals surface area contributed by atoms with Crippen molar-refractivity contribution in [3.63, 3.8) is 0 Å². The molecule has 2 heteroatoms. The van der Waals surface area contributed by atoms with Crippen LogP contribution in [0, 0.1) is 17.3 Å². The summed E-state index contributed by atoms with van der Waals surface area (Å²) in [5, 5.41) is 0. The van der Waals surface area contributed by atoms with Crippen molar-refractivity contribution in [1.82, 2.24) is 0 Å². The maximum atomic E-state index is 6.84. The SMILES string of the molecule is CCCCCC=CCC=CCCCCCCCCC1(CCCCCCCCC=CCC=CCCCCC)CCC2(CC1)OC1CC(C)C(C)CC1O2. The topological polar surface area (TPSA) is 18.5 Å². The average molecular weight is 721 g/mol. The molecule has 0 N–H and O–H groups in total. The zero-order valence-corrected chi connectivity index (χ0v) is 35.4. The second-order valence-electron chi connectivity index (χ2n) is 17.8. The number of unbranched alkanes of at least 4 members (excludes halogenated alkanes) is 18. The fourth-order valence-corrected chi connectivity index (χ4v) is 9.33. The summed E-state index contributed by atoms with van der Waals surface area (Å²) in [4.78, 5) is 0. The summed E-state index contributed by atoms with van der Waals surface area (Å²) in [5.41, 5.74) is 0.525. The lowest BCUT2D eigenvalue weighted by Crippen LogP contribution is -2.40. The van der Waals surface area contributed by atoms with Gasteiger partial charge in [0, 0.05) is 12.8 Å². The van der Waals surface area contributed by atoms with Gasteiger partial charge in [-0.25, -0.2) is 0 Å². The van der Waals surface area contributed by atoms with Gasteiger partial charge in [0.1, 0.15) is 0 Å². The van der Waals surface area contributed by atoms with Crippen LogP contribution < -0.4 is 0 Å². The van der Waals surface area contributed by atoms with Crippen molar-refractivity contribution in [3.8, 4) is 0 Å². The highest BCUT2D eigenvalue weighted by Crippen LogP contribution is 2.53. The molecule has 52 heavy (non-hydrogen) atoms. The molecule has 4 atom stereocenters. The van der Waals surface area contributed by atoms with E-state index >= 15 is 0 Å². The molecule has 0 aromatic rings. The number of hydrogen-bond donors (Lipinski definition) is 0. The third-order valence-electron chi connectivity index (χ3n) is 13.2. The van der Waals surface area contributed by atoms with Gasteiger partial charge in [0.05, 0.1) is 12.2 Å². The Morgan fingerprint density at radius 3 is 1.15 bits per heavy atom. The van der Waals surface area contributed by atoms with E-state index in [0.29, 0.717) is 17.6 Å². The molecule has 2 saturated carbocycles. The molecule has 1 heterocycles. The number of hydrogen-bond acceptors (Lipinski definition) is 2. The van der Waals surface area contributed by atoms with Crippen LogP contribution in [0.1, 0.15) is 233 Å². The third kappa shape index (κ3) is 19.0. The number of allylic oxidation sites excluding steroid dienone is 8. The second kappa shape index (κ2) is 28.3. The Morgan fingerprint density at radius 1 is 0.423 bits per heavy atom. The smallest absolute Gasteiger partial charge is 0.169 e. The fourth-order valence-electron chi connectivity index (χ4n) is 9.33. The molecule has 0 aromatic carbocycles. The molecule has 1 saturated heterocycles. The minimum absolute atomic E-state index is 0.263. The Hall–Kier alpha value is -1.12. The molecule has 300 valence electrons. The van der Waals surface area contributed by atoms with Crippen molar-refractivity contribution in [3.05, 3.63) is 48.6 Å². The lowest BCUT2D eigenvalue weighted by atomic mass is 9.66. The highest BCUT2D eigenvalue weighted by Gasteiger charge is 2.53. The molecule has 0 aromatic heterocycles. The first-order valence-corrected chi connectivity index (χ1v) is 23.5. The molecule has 2 aliphatic carbocycles. The van der Waals surface area contributed by atoms with E-state index in [1.807, 2.05) is 0 Å². The molecule has 3 rings (SSSR count). The minimum Gasteiger partial charge on any atom is -0.344 e. The minimum atomic E-state index is -0.263. The molecule has 1 spiro atoms. The fraction of sp³-hybridized carbons (Fsp3) is 0.840. The van der Waals surface area contributed by atoms with Crippen LogP contribution in [-0.4, -0.2) is 18.0 Å². The van der Waals surface area contributed by atoms with Crippen molar-refractivity contribution < 1.29 is 9.47 Å². The molecule has 0 bridgehead atoms. The maximum absolute atomic E-state index is 6.84. The summed E-state index contributed by atoms with van der Waals surface area (Å²) in [6.45, 7) is 9.39. The van der Waals surface area contributed by atoms with E-state index in [9.17, 15) is 0 Å². The van der Waals surface area contributed by atoms with Gasteiger partial charge in [-0.3, -0.25) is 0 Å². The first kappa shape index (κ1) is 45.3. The summed E-state index contributed by atoms with van der Waals surface area (Å²) < 4.78 is 13.7. The highest BCUT2D eigenvalue weighted by molar-refractivity contribution is 4.98. The summed E-state index contributed by atoms with van der Waals surface area (Å²) in [5.74, 6) is 1.26. The summed E-state index contributed by atoms with van der Waals surface area (Å²) in [7, 11) is 0. The van der Waals surface area contributed by atoms with Gasteiger partial charge in [-0.2, -0.15) is 0 Å². The quantitative estimate of drug-likeness (QED) is 0.0543. The van der Waals surface area contributed by atoms with Gasteiger partial charge in [0.25, 0.3) is 0 Å². The predicted molar refractivity (Wildman–Crippen MR) is 229 cm³/mol. The zero-order chi connectivity index (χ0) is 37.0. The van der Waals surface area contributed by atoms with E-state index in [1.165, 1.54) is 180 Å². The van der Waals surface area contributed by atoms with Crippen LogP contribution in [0.2, 0.25) is 0 Å². The van der Waals surface area contributed by atoms with Crippen LogP contribution in [0.3, 0.4) is 0 Å². The Morgan fingerprint density at radius 2 is 0.769 bits per heavy atom. The molecular formula is C50H88O2. The summed E-state index contributed by atoms with van der Waals surface area (Å²) in [6.07, 6.45) is 62.0. The normalized spacial score (nSPS) is 28.1. The molecule has 0 amide bonds. The first-order valence-electron chi connectivity index (χ1n) is 23.5. The summed E-state index contributed by atoms with van der Waals surface area (Å²) in [6, 6.07) is 0. The predicted octanol–water partition coefficient (Wildman–Crippen LogP) is 16.5. The number of rotatable bonds is 30. The Balaban J connectivity index is 1.30. The van der Waals surface area contributed by atoms with Gasteiger partial charge in [-0.1, -0.05) is 166 Å². The van der Waals surface area contributed by atoms with E-state index < -0.39 is 0 Å². The van der Waals surface area contributed by atoms with Gasteiger partial charge in [0.2, 0.25) is 0 Å². The van der Waals surface area contributed by atoms with Crippen molar-refractivity contribution >= 4 is 0 Å². The van der Waals surface area contributed by atoms with Gasteiger partial charge < -0.3 is 9.47 Å². The lowest BCUT2D eigenvalue weighted by molar-refractivity contribution is -0.208. The zero-order valence-electron chi connectivity index (χ0n) is 35.4. The van der Waals surface area contributed by atoms with Crippen molar-refractivity contribution in [2.45, 2.75) is 251 Å². The van der Waals surface area contributed by atoms with E-state index in [2.05, 4.69) is 76.3 Å². The average Bonchev–Trinajstić information content (AvgIpc) is 3.48. The lowest BCUT2D eigenvalue weighted by Gasteiger charge is -2.44. The second-order valence-corrected chi connectivity index (χ2v) is 17.8. The van der Waals surface area contributed by atoms with E-state index in [4.69, 9.17) is 9.47 Å². The van der Waals surface area contributed by atoms with Crippen LogP contribution in [-0.2, 0) is 9.47 Å². The van der Waals surface area contributed by atoms with E-state index in [0.717, 1.165) is 37.5 Å². The molecule has 1 aliphatic heterocycles. The molecule has 3 aliphatic rings. The Labute approximate surface area is 325 Å². The van der Waals surface area contributed by atoms with Crippen molar-refractivity contribution in [2.75, 3.05) is 0 Å². The molecule has 0 radical (unpaired) electrons. The first-order chi connectivity index (χ1) is 25.5. The monoisotopic (exact) mass is 721 g/mol. The van der Waals surface area contributed by atoms with Crippen LogP contribution in [0.15, 0.2) is 48.6 Å². The van der Waals surface area contributed by atoms with Gasteiger partial charge in [-0.15, -0.1) is 0 Å². The van der Waals surface area contributed by atoms with Crippen molar-refractivity contribution in [1.29, 1.82) is 0 Å². The van der Waals surface area contributed by atoms with Crippen LogP contribution in [0.5, 0.6) is 0 Å².